The van der Waals surface area contributed by atoms with E-state index in [1.807, 2.05) is 0 Å². The normalized spacial score (nSPS) is 14.0. The van der Waals surface area contributed by atoms with E-state index in [9.17, 15) is 34.1 Å². The van der Waals surface area contributed by atoms with Crippen LogP contribution in [0, 0.1) is 0 Å². The second-order valence-electron chi connectivity index (χ2n) is 15.9. The highest BCUT2D eigenvalue weighted by Crippen LogP contribution is 2.43. The van der Waals surface area contributed by atoms with Gasteiger partial charge in [0.15, 0.2) is 6.04 Å². The summed E-state index contributed by atoms with van der Waals surface area (Å²) in [5.41, 5.74) is 0. The highest BCUT2D eigenvalue weighted by Gasteiger charge is 2.28. The lowest BCUT2D eigenvalue weighted by Crippen LogP contribution is -2.43. The number of aliphatic hydroxyl groups excluding tert-OH is 1. The molecule has 344 valence electrons. The van der Waals surface area contributed by atoms with Crippen molar-refractivity contribution in [3.63, 3.8) is 0 Å². The summed E-state index contributed by atoms with van der Waals surface area (Å²) in [5, 5.41) is 21.9. The molecule has 11 nitrogen and oxygen atoms in total. The Morgan fingerprint density at radius 2 is 0.932 bits per heavy atom. The summed E-state index contributed by atoms with van der Waals surface area (Å²) < 4.78 is 26.9. The number of rotatable bonds is 44. The minimum atomic E-state index is -4.76. The van der Waals surface area contributed by atoms with Crippen LogP contribution in [0.2, 0.25) is 0 Å². The Morgan fingerprint density at radius 1 is 0.542 bits per heavy atom. The zero-order valence-corrected chi connectivity index (χ0v) is 38.2. The van der Waals surface area contributed by atoms with Gasteiger partial charge in [-0.15, -0.1) is 0 Å². The number of hydrogen-bond acceptors (Lipinski definition) is 8. The van der Waals surface area contributed by atoms with E-state index in [2.05, 4.69) is 55.6 Å². The minimum Gasteiger partial charge on any atom is -0.480 e. The van der Waals surface area contributed by atoms with Crippen molar-refractivity contribution in [3.8, 4) is 0 Å². The maximum absolute atomic E-state index is 12.3. The number of amides is 1. The van der Waals surface area contributed by atoms with Gasteiger partial charge in [0.25, 0.3) is 0 Å². The van der Waals surface area contributed by atoms with Gasteiger partial charge in [-0.2, -0.15) is 0 Å². The van der Waals surface area contributed by atoms with Crippen LogP contribution >= 0.6 is 7.82 Å². The first-order valence-electron chi connectivity index (χ1n) is 23.5. The number of carbonyl (C=O) groups excluding carboxylic acids is 2. The predicted octanol–water partition coefficient (Wildman–Crippen LogP) is 12.4. The van der Waals surface area contributed by atoms with Gasteiger partial charge in [0.2, 0.25) is 5.91 Å². The van der Waals surface area contributed by atoms with Crippen molar-refractivity contribution in [1.82, 2.24) is 5.32 Å². The Morgan fingerprint density at radius 3 is 1.42 bits per heavy atom. The number of carboxylic acid groups (broad SMARTS) is 1. The molecule has 0 rings (SSSR count). The van der Waals surface area contributed by atoms with Gasteiger partial charge in [-0.3, -0.25) is 18.6 Å². The van der Waals surface area contributed by atoms with Gasteiger partial charge < -0.3 is 25.2 Å². The predicted molar refractivity (Wildman–Crippen MR) is 240 cm³/mol. The Hall–Kier alpha value is -2.30. The Kier molecular flexibility index (Phi) is 40.7. The zero-order chi connectivity index (χ0) is 43.5. The van der Waals surface area contributed by atoms with E-state index in [0.717, 1.165) is 70.6 Å². The van der Waals surface area contributed by atoms with E-state index in [-0.39, 0.29) is 12.8 Å². The number of carbonyl (C=O) groups is 3. The monoisotopic (exact) mass is 856 g/mol. The highest BCUT2D eigenvalue weighted by molar-refractivity contribution is 7.47. The number of unbranched alkanes of at least 4 members (excludes halogenated alkanes) is 24. The molecule has 0 aromatic heterocycles. The number of hydrogen-bond donors (Lipinski definition) is 4. The fraction of sp³-hybridized carbons (Fsp3) is 0.809. The average Bonchev–Trinajstić information content (AvgIpc) is 3.21. The lowest BCUT2D eigenvalue weighted by molar-refractivity contribution is -0.147. The number of aliphatic carboxylic acids is 1. The maximum Gasteiger partial charge on any atom is 0.472 e. The van der Waals surface area contributed by atoms with Crippen LogP contribution in [0.1, 0.15) is 213 Å². The second-order valence-corrected chi connectivity index (χ2v) is 17.4. The van der Waals surface area contributed by atoms with Crippen LogP contribution in [0.25, 0.3) is 0 Å². The number of phosphoric ester groups is 1. The van der Waals surface area contributed by atoms with Crippen molar-refractivity contribution in [3.05, 3.63) is 36.5 Å². The lowest BCUT2D eigenvalue weighted by atomic mass is 10.1. The van der Waals surface area contributed by atoms with Gasteiger partial charge in [0.1, 0.15) is 12.7 Å². The van der Waals surface area contributed by atoms with Crippen molar-refractivity contribution < 1.29 is 47.8 Å². The summed E-state index contributed by atoms with van der Waals surface area (Å²) in [5.74, 6) is -2.38. The standard InChI is InChI=1S/C47H86NO10P/c1-3-5-7-9-11-13-15-17-19-21-23-25-27-29-31-33-35-37-39-46(51)56-40-43(49)41-57-59(54,55)58-42-44(47(52)53)48-45(50)38-36-34-32-30-28-26-24-22-20-18-16-14-12-10-8-6-4-2/h12,14,18-21,43-44,49H,3-11,13,15-17,22-42H2,1-2H3,(H,48,50)(H,52,53)(H,54,55)/b14-12-,20-18-,21-19-. The fourth-order valence-corrected chi connectivity index (χ4v) is 7.23. The molecule has 0 bridgehead atoms. The summed E-state index contributed by atoms with van der Waals surface area (Å²) in [6.45, 7) is 2.57. The number of aliphatic hydroxyl groups is 1. The SMILES string of the molecule is CCCCC/C=C\C/C=C\CCCCCCCCCC(=O)NC(COP(=O)(O)OCC(O)COC(=O)CCCCCCCCC/C=C\CCCCCCCCC)C(=O)O. The summed E-state index contributed by atoms with van der Waals surface area (Å²) in [7, 11) is -4.76. The summed E-state index contributed by atoms with van der Waals surface area (Å²) in [6.07, 6.45) is 45.9. The van der Waals surface area contributed by atoms with Gasteiger partial charge >= 0.3 is 19.8 Å². The van der Waals surface area contributed by atoms with Crippen molar-refractivity contribution >= 4 is 25.7 Å². The summed E-state index contributed by atoms with van der Waals surface area (Å²) in [6, 6.07) is -1.55. The first-order chi connectivity index (χ1) is 28.6. The summed E-state index contributed by atoms with van der Waals surface area (Å²) in [4.78, 5) is 46.0. The molecule has 0 saturated heterocycles. The first kappa shape index (κ1) is 56.7. The van der Waals surface area contributed by atoms with Crippen molar-refractivity contribution in [2.24, 2.45) is 0 Å². The molecule has 0 heterocycles. The van der Waals surface area contributed by atoms with E-state index in [0.29, 0.717) is 12.8 Å². The van der Waals surface area contributed by atoms with Gasteiger partial charge in [0.05, 0.1) is 13.2 Å². The highest BCUT2D eigenvalue weighted by atomic mass is 31.2. The molecule has 0 fully saturated rings. The molecule has 0 radical (unpaired) electrons. The van der Waals surface area contributed by atoms with Crippen LogP contribution in [0.3, 0.4) is 0 Å². The summed E-state index contributed by atoms with van der Waals surface area (Å²) >= 11 is 0. The molecule has 0 spiro atoms. The van der Waals surface area contributed by atoms with Crippen LogP contribution in [0.15, 0.2) is 36.5 Å². The molecule has 0 aromatic carbocycles. The molecular formula is C47H86NO10P. The number of allylic oxidation sites excluding steroid dienone is 6. The molecule has 12 heteroatoms. The van der Waals surface area contributed by atoms with Crippen LogP contribution in [-0.2, 0) is 32.7 Å². The number of carboxylic acids is 1. The Bertz CT molecular complexity index is 1140. The van der Waals surface area contributed by atoms with Crippen LogP contribution in [-0.4, -0.2) is 64.9 Å². The van der Waals surface area contributed by atoms with Gasteiger partial charge in [0, 0.05) is 12.8 Å². The molecule has 0 aliphatic carbocycles. The molecule has 1 amide bonds. The molecule has 0 aromatic rings. The second kappa shape index (κ2) is 42.4. The maximum atomic E-state index is 12.3. The smallest absolute Gasteiger partial charge is 0.472 e. The molecular weight excluding hydrogens is 769 g/mol. The van der Waals surface area contributed by atoms with Crippen LogP contribution < -0.4 is 5.32 Å². The zero-order valence-electron chi connectivity index (χ0n) is 37.3. The van der Waals surface area contributed by atoms with E-state index < -0.39 is 57.6 Å². The number of nitrogens with one attached hydrogen (secondary N) is 1. The number of esters is 1. The average molecular weight is 856 g/mol. The Labute approximate surface area is 359 Å². The fourth-order valence-electron chi connectivity index (χ4n) is 6.46. The van der Waals surface area contributed by atoms with Crippen molar-refractivity contribution in [2.75, 3.05) is 19.8 Å². The minimum absolute atomic E-state index is 0.136. The number of phosphoric acid groups is 1. The van der Waals surface area contributed by atoms with E-state index in [1.54, 1.807) is 0 Å². The largest absolute Gasteiger partial charge is 0.480 e. The molecule has 0 aliphatic rings. The van der Waals surface area contributed by atoms with Crippen molar-refractivity contribution in [1.29, 1.82) is 0 Å². The Balaban J connectivity index is 3.88. The topological polar surface area (TPSA) is 169 Å². The van der Waals surface area contributed by atoms with Gasteiger partial charge in [-0.05, 0) is 70.6 Å². The third-order valence-corrected chi connectivity index (χ3v) is 11.1. The molecule has 3 unspecified atom stereocenters. The third-order valence-electron chi connectivity index (χ3n) is 10.2. The van der Waals surface area contributed by atoms with E-state index >= 15 is 0 Å². The van der Waals surface area contributed by atoms with E-state index in [4.69, 9.17) is 13.8 Å². The third kappa shape index (κ3) is 42.2. The number of ether oxygens (including phenoxy) is 1. The molecule has 59 heavy (non-hydrogen) atoms. The molecule has 0 aliphatic heterocycles. The molecule has 3 atom stereocenters. The van der Waals surface area contributed by atoms with Gasteiger partial charge in [-0.25, -0.2) is 9.36 Å². The van der Waals surface area contributed by atoms with Gasteiger partial charge in [-0.1, -0.05) is 166 Å². The molecule has 4 N–H and O–H groups in total. The quantitative estimate of drug-likeness (QED) is 0.0200. The van der Waals surface area contributed by atoms with E-state index in [1.165, 1.54) is 103 Å². The lowest BCUT2D eigenvalue weighted by Gasteiger charge is -2.18. The van der Waals surface area contributed by atoms with Crippen LogP contribution in [0.4, 0.5) is 0 Å². The molecule has 0 saturated carbocycles. The first-order valence-corrected chi connectivity index (χ1v) is 25.0. The van der Waals surface area contributed by atoms with Crippen LogP contribution in [0.5, 0.6) is 0 Å². The van der Waals surface area contributed by atoms with Crippen molar-refractivity contribution in [2.45, 2.75) is 225 Å².